The fraction of sp³-hybridized carbons (Fsp3) is 0.222. The summed E-state index contributed by atoms with van der Waals surface area (Å²) in [5.74, 6) is 0.722. The minimum absolute atomic E-state index is 0. The summed E-state index contributed by atoms with van der Waals surface area (Å²) in [5.41, 5.74) is 5.96. The number of rotatable bonds is 6. The van der Waals surface area contributed by atoms with Gasteiger partial charge in [-0.25, -0.2) is 4.79 Å². The first-order chi connectivity index (χ1) is 12.5. The Morgan fingerprint density at radius 3 is 2.63 bits per heavy atom. The third-order valence-electron chi connectivity index (χ3n) is 3.99. The molecule has 0 aliphatic heterocycles. The molecule has 6 nitrogen and oxygen atoms in total. The molecule has 1 heterocycles. The highest BCUT2D eigenvalue weighted by atomic mass is 35.5. The Bertz CT molecular complexity index is 1060. The van der Waals surface area contributed by atoms with Crippen molar-refractivity contribution in [3.05, 3.63) is 72.8 Å². The zero-order chi connectivity index (χ0) is 18.7. The number of benzene rings is 2. The standard InChI is InChI=1S/C18H17Cl2N3O3.ClH/c19-12-8-13(20)16-14(9-12)23(18(25)22-17(16)24)6-3-7-26-15-5-2-1-4-11(15)10-21;/h1-2,4-5,8-9H,3,6-7,10,21H2,(H,22,24,25);1H. The average Bonchev–Trinajstić information content (AvgIpc) is 2.60. The van der Waals surface area contributed by atoms with Gasteiger partial charge in [-0.15, -0.1) is 12.4 Å². The predicted molar refractivity (Wildman–Crippen MR) is 111 cm³/mol. The lowest BCUT2D eigenvalue weighted by atomic mass is 10.2. The van der Waals surface area contributed by atoms with Crippen LogP contribution in [0.5, 0.6) is 5.75 Å². The van der Waals surface area contributed by atoms with Gasteiger partial charge in [-0.05, 0) is 24.6 Å². The van der Waals surface area contributed by atoms with Gasteiger partial charge in [-0.1, -0.05) is 41.4 Å². The number of H-pyrrole nitrogens is 1. The number of para-hydroxylation sites is 1. The maximum Gasteiger partial charge on any atom is 0.328 e. The minimum atomic E-state index is -0.531. The number of aromatic nitrogens is 2. The second-order valence-electron chi connectivity index (χ2n) is 5.71. The van der Waals surface area contributed by atoms with Crippen molar-refractivity contribution in [2.75, 3.05) is 6.61 Å². The van der Waals surface area contributed by atoms with E-state index in [1.807, 2.05) is 24.3 Å². The lowest BCUT2D eigenvalue weighted by Gasteiger charge is -2.12. The summed E-state index contributed by atoms with van der Waals surface area (Å²) in [7, 11) is 0. The van der Waals surface area contributed by atoms with E-state index in [1.54, 1.807) is 6.07 Å². The molecule has 3 rings (SSSR count). The Morgan fingerprint density at radius 1 is 1.15 bits per heavy atom. The van der Waals surface area contributed by atoms with Crippen LogP contribution >= 0.6 is 35.6 Å². The zero-order valence-electron chi connectivity index (χ0n) is 14.2. The number of nitrogens with one attached hydrogen (secondary N) is 1. The quantitative estimate of drug-likeness (QED) is 0.587. The van der Waals surface area contributed by atoms with E-state index < -0.39 is 11.2 Å². The number of nitrogens with zero attached hydrogens (tertiary/aromatic N) is 1. The Labute approximate surface area is 171 Å². The van der Waals surface area contributed by atoms with Crippen molar-refractivity contribution in [1.29, 1.82) is 0 Å². The lowest BCUT2D eigenvalue weighted by Crippen LogP contribution is -2.31. The molecule has 0 saturated carbocycles. The van der Waals surface area contributed by atoms with Crippen LogP contribution in [-0.2, 0) is 13.1 Å². The number of ether oxygens (including phenoxy) is 1. The molecule has 0 atom stereocenters. The first-order valence-corrected chi connectivity index (χ1v) is 8.79. The Morgan fingerprint density at radius 2 is 1.89 bits per heavy atom. The molecule has 9 heteroatoms. The highest BCUT2D eigenvalue weighted by molar-refractivity contribution is 6.38. The van der Waals surface area contributed by atoms with E-state index in [1.165, 1.54) is 10.6 Å². The van der Waals surface area contributed by atoms with Crippen LogP contribution in [0.15, 0.2) is 46.0 Å². The average molecular weight is 431 g/mol. The van der Waals surface area contributed by atoms with E-state index in [0.29, 0.717) is 36.7 Å². The van der Waals surface area contributed by atoms with Crippen LogP contribution < -0.4 is 21.7 Å². The van der Waals surface area contributed by atoms with Crippen molar-refractivity contribution in [3.8, 4) is 5.75 Å². The second-order valence-corrected chi connectivity index (χ2v) is 6.55. The number of fused-ring (bicyclic) bond motifs is 1. The number of nitrogens with two attached hydrogens (primary N) is 1. The molecule has 144 valence electrons. The van der Waals surface area contributed by atoms with E-state index in [-0.39, 0.29) is 22.8 Å². The van der Waals surface area contributed by atoms with Gasteiger partial charge in [0.25, 0.3) is 5.56 Å². The van der Waals surface area contributed by atoms with E-state index in [9.17, 15) is 9.59 Å². The smallest absolute Gasteiger partial charge is 0.328 e. The Kier molecular flexibility index (Phi) is 7.33. The van der Waals surface area contributed by atoms with Crippen LogP contribution in [0.25, 0.3) is 10.9 Å². The molecule has 2 aromatic carbocycles. The van der Waals surface area contributed by atoms with Gasteiger partial charge in [0, 0.05) is 23.7 Å². The molecule has 0 saturated heterocycles. The first-order valence-electron chi connectivity index (χ1n) is 8.04. The summed E-state index contributed by atoms with van der Waals surface area (Å²) >= 11 is 12.1. The molecule has 0 radical (unpaired) electrons. The monoisotopic (exact) mass is 429 g/mol. The predicted octanol–water partition coefficient (Wildman–Crippen LogP) is 3.35. The molecule has 0 amide bonds. The van der Waals surface area contributed by atoms with Crippen molar-refractivity contribution in [2.24, 2.45) is 5.73 Å². The van der Waals surface area contributed by atoms with E-state index in [2.05, 4.69) is 4.98 Å². The maximum atomic E-state index is 12.2. The highest BCUT2D eigenvalue weighted by Gasteiger charge is 2.12. The molecule has 0 unspecified atom stereocenters. The fourth-order valence-electron chi connectivity index (χ4n) is 2.77. The van der Waals surface area contributed by atoms with Crippen molar-refractivity contribution < 1.29 is 4.74 Å². The first kappa shape index (κ1) is 21.3. The van der Waals surface area contributed by atoms with E-state index >= 15 is 0 Å². The number of aromatic amines is 1. The molecule has 27 heavy (non-hydrogen) atoms. The van der Waals surface area contributed by atoms with Crippen LogP contribution in [0, 0.1) is 0 Å². The fourth-order valence-corrected chi connectivity index (χ4v) is 3.34. The second kappa shape index (κ2) is 9.28. The van der Waals surface area contributed by atoms with E-state index in [4.69, 9.17) is 33.7 Å². The SMILES string of the molecule is Cl.NCc1ccccc1OCCCn1c(=O)[nH]c(=O)c2c(Cl)cc(Cl)cc21. The number of hydrogen-bond donors (Lipinski definition) is 2. The minimum Gasteiger partial charge on any atom is -0.493 e. The van der Waals surface area contributed by atoms with Gasteiger partial charge in [0.05, 0.1) is 22.5 Å². The molecular formula is C18H18Cl3N3O3. The van der Waals surface area contributed by atoms with Crippen molar-refractivity contribution in [2.45, 2.75) is 19.5 Å². The van der Waals surface area contributed by atoms with Crippen LogP contribution in [0.3, 0.4) is 0 Å². The summed E-state index contributed by atoms with van der Waals surface area (Å²) in [6, 6.07) is 10.6. The van der Waals surface area contributed by atoms with Crippen molar-refractivity contribution in [3.63, 3.8) is 0 Å². The van der Waals surface area contributed by atoms with Crippen LogP contribution in [0.2, 0.25) is 10.0 Å². The molecule has 3 aromatic rings. The van der Waals surface area contributed by atoms with Crippen LogP contribution in [0.1, 0.15) is 12.0 Å². The molecular weight excluding hydrogens is 413 g/mol. The van der Waals surface area contributed by atoms with Gasteiger partial charge in [0.1, 0.15) is 5.75 Å². The van der Waals surface area contributed by atoms with Gasteiger partial charge < -0.3 is 10.5 Å². The zero-order valence-corrected chi connectivity index (χ0v) is 16.5. The normalized spacial score (nSPS) is 10.6. The van der Waals surface area contributed by atoms with Gasteiger partial charge in [-0.3, -0.25) is 14.3 Å². The number of aryl methyl sites for hydroxylation is 1. The number of hydrogen-bond acceptors (Lipinski definition) is 4. The van der Waals surface area contributed by atoms with Crippen LogP contribution in [-0.4, -0.2) is 16.2 Å². The molecule has 0 aliphatic rings. The summed E-state index contributed by atoms with van der Waals surface area (Å²) in [4.78, 5) is 26.5. The van der Waals surface area contributed by atoms with Crippen molar-refractivity contribution >= 4 is 46.5 Å². The largest absolute Gasteiger partial charge is 0.493 e. The highest BCUT2D eigenvalue weighted by Crippen LogP contribution is 2.24. The van der Waals surface area contributed by atoms with E-state index in [0.717, 1.165) is 11.3 Å². The summed E-state index contributed by atoms with van der Waals surface area (Å²) in [6.45, 7) is 1.11. The molecule has 3 N–H and O–H groups in total. The van der Waals surface area contributed by atoms with Gasteiger partial charge in [-0.2, -0.15) is 0 Å². The molecule has 0 spiro atoms. The topological polar surface area (TPSA) is 90.1 Å². The lowest BCUT2D eigenvalue weighted by molar-refractivity contribution is 0.298. The molecule has 1 aromatic heterocycles. The molecule has 0 aliphatic carbocycles. The van der Waals surface area contributed by atoms with Crippen LogP contribution in [0.4, 0.5) is 0 Å². The maximum absolute atomic E-state index is 12.2. The number of halogens is 3. The Hall–Kier alpha value is -1.99. The summed E-state index contributed by atoms with van der Waals surface area (Å²) in [5, 5.41) is 0.801. The van der Waals surface area contributed by atoms with Gasteiger partial charge in [0.15, 0.2) is 0 Å². The third-order valence-corrected chi connectivity index (χ3v) is 4.51. The summed E-state index contributed by atoms with van der Waals surface area (Å²) in [6.07, 6.45) is 0.546. The van der Waals surface area contributed by atoms with Gasteiger partial charge in [0.2, 0.25) is 0 Å². The molecule has 0 bridgehead atoms. The Balaban J connectivity index is 0.00000261. The third kappa shape index (κ3) is 4.65. The molecule has 0 fully saturated rings. The summed E-state index contributed by atoms with van der Waals surface area (Å²) < 4.78 is 7.19. The van der Waals surface area contributed by atoms with Gasteiger partial charge >= 0.3 is 5.69 Å². The van der Waals surface area contributed by atoms with Crippen molar-refractivity contribution in [1.82, 2.24) is 9.55 Å².